The van der Waals surface area contributed by atoms with E-state index < -0.39 is 0 Å². The number of likely N-dealkylation sites (tertiary alicyclic amines) is 1. The second-order valence-electron chi connectivity index (χ2n) is 7.01. The predicted octanol–water partition coefficient (Wildman–Crippen LogP) is 1.42. The number of carbonyl (C=O) groups is 2. The number of piperidine rings is 1. The van der Waals surface area contributed by atoms with Crippen molar-refractivity contribution in [1.82, 2.24) is 15.1 Å². The molecule has 3 unspecified atom stereocenters. The zero-order valence-corrected chi connectivity index (χ0v) is 15.2. The minimum absolute atomic E-state index is 0.0959. The zero-order valence-electron chi connectivity index (χ0n) is 15.2. The molecule has 0 aliphatic carbocycles. The van der Waals surface area contributed by atoms with Crippen molar-refractivity contribution in [2.45, 2.75) is 31.8 Å². The molecule has 25 heavy (non-hydrogen) atoms. The van der Waals surface area contributed by atoms with Crippen LogP contribution in [0.2, 0.25) is 0 Å². The lowest BCUT2D eigenvalue weighted by molar-refractivity contribution is -0.147. The number of benzene rings is 1. The van der Waals surface area contributed by atoms with Crippen molar-refractivity contribution in [2.75, 3.05) is 33.8 Å². The summed E-state index contributed by atoms with van der Waals surface area (Å²) in [6.45, 7) is 4.37. The molecule has 0 spiro atoms. The SMILES string of the molecule is COc1ccc(C2C(C(=O)N3CCNC(C)C3)CCC(=O)N2C)cc1. The largest absolute Gasteiger partial charge is 0.497 e. The molecule has 0 bridgehead atoms. The van der Waals surface area contributed by atoms with E-state index in [4.69, 9.17) is 4.74 Å². The lowest BCUT2D eigenvalue weighted by Gasteiger charge is -2.42. The first-order valence-corrected chi connectivity index (χ1v) is 8.93. The summed E-state index contributed by atoms with van der Waals surface area (Å²) < 4.78 is 5.22. The van der Waals surface area contributed by atoms with Crippen LogP contribution in [-0.4, -0.2) is 61.4 Å². The van der Waals surface area contributed by atoms with E-state index in [1.165, 1.54) is 0 Å². The third-order valence-electron chi connectivity index (χ3n) is 5.32. The fourth-order valence-corrected chi connectivity index (χ4v) is 3.92. The standard InChI is InChI=1S/C19H27N3O3/c1-13-12-22(11-10-20-13)19(24)16-8-9-17(23)21(2)18(16)14-4-6-15(25-3)7-5-14/h4-7,13,16,18,20H,8-12H2,1-3H3. The number of rotatable bonds is 3. The second-order valence-corrected chi connectivity index (χ2v) is 7.01. The summed E-state index contributed by atoms with van der Waals surface area (Å²) in [5.74, 6) is 0.834. The van der Waals surface area contributed by atoms with Gasteiger partial charge in [0.05, 0.1) is 19.1 Å². The molecule has 3 atom stereocenters. The van der Waals surface area contributed by atoms with Crippen LogP contribution in [0.4, 0.5) is 0 Å². The highest BCUT2D eigenvalue weighted by Crippen LogP contribution is 2.37. The number of carbonyl (C=O) groups excluding carboxylic acids is 2. The Morgan fingerprint density at radius 3 is 2.64 bits per heavy atom. The molecule has 0 radical (unpaired) electrons. The van der Waals surface area contributed by atoms with Gasteiger partial charge in [0.2, 0.25) is 11.8 Å². The Bertz CT molecular complexity index is 631. The topological polar surface area (TPSA) is 61.9 Å². The van der Waals surface area contributed by atoms with Crippen LogP contribution in [0.3, 0.4) is 0 Å². The molecule has 1 aromatic carbocycles. The van der Waals surface area contributed by atoms with Crippen molar-refractivity contribution in [2.24, 2.45) is 5.92 Å². The van der Waals surface area contributed by atoms with Crippen LogP contribution >= 0.6 is 0 Å². The number of hydrogen-bond donors (Lipinski definition) is 1. The van der Waals surface area contributed by atoms with Crippen LogP contribution in [0.15, 0.2) is 24.3 Å². The van der Waals surface area contributed by atoms with E-state index in [9.17, 15) is 9.59 Å². The molecule has 6 heteroatoms. The van der Waals surface area contributed by atoms with Gasteiger partial charge in [-0.25, -0.2) is 0 Å². The molecule has 0 saturated carbocycles. The molecule has 0 aromatic heterocycles. The first-order chi connectivity index (χ1) is 12.0. The molecule has 2 heterocycles. The molecule has 1 N–H and O–H groups in total. The van der Waals surface area contributed by atoms with Gasteiger partial charge < -0.3 is 19.9 Å². The Hall–Kier alpha value is -2.08. The molecule has 6 nitrogen and oxygen atoms in total. The van der Waals surface area contributed by atoms with Gasteiger partial charge in [0, 0.05) is 39.1 Å². The van der Waals surface area contributed by atoms with E-state index in [1.54, 1.807) is 19.1 Å². The van der Waals surface area contributed by atoms with E-state index in [2.05, 4.69) is 12.2 Å². The average molecular weight is 345 g/mol. The first-order valence-electron chi connectivity index (χ1n) is 8.93. The fraction of sp³-hybridized carbons (Fsp3) is 0.579. The maximum absolute atomic E-state index is 13.2. The number of ether oxygens (including phenoxy) is 1. The predicted molar refractivity (Wildman–Crippen MR) is 95.3 cm³/mol. The van der Waals surface area contributed by atoms with Gasteiger partial charge >= 0.3 is 0 Å². The van der Waals surface area contributed by atoms with Gasteiger partial charge in [-0.3, -0.25) is 9.59 Å². The van der Waals surface area contributed by atoms with Crippen molar-refractivity contribution < 1.29 is 14.3 Å². The second kappa shape index (κ2) is 7.44. The molecular weight excluding hydrogens is 318 g/mol. The summed E-state index contributed by atoms with van der Waals surface area (Å²) in [7, 11) is 3.43. The van der Waals surface area contributed by atoms with Gasteiger partial charge in [0.1, 0.15) is 5.75 Å². The van der Waals surface area contributed by atoms with Gasteiger partial charge in [-0.05, 0) is 31.0 Å². The van der Waals surface area contributed by atoms with E-state index in [-0.39, 0.29) is 23.8 Å². The Kier molecular flexibility index (Phi) is 5.27. The first kappa shape index (κ1) is 17.7. The van der Waals surface area contributed by atoms with Gasteiger partial charge in [0.25, 0.3) is 0 Å². The fourth-order valence-electron chi connectivity index (χ4n) is 3.92. The normalized spacial score (nSPS) is 27.3. The van der Waals surface area contributed by atoms with E-state index in [1.807, 2.05) is 29.2 Å². The number of nitrogens with one attached hydrogen (secondary N) is 1. The van der Waals surface area contributed by atoms with Crippen LogP contribution in [0.25, 0.3) is 0 Å². The summed E-state index contributed by atoms with van der Waals surface area (Å²) in [6.07, 6.45) is 1.04. The highest BCUT2D eigenvalue weighted by Gasteiger charge is 2.41. The van der Waals surface area contributed by atoms with E-state index in [0.717, 1.165) is 30.9 Å². The van der Waals surface area contributed by atoms with Gasteiger partial charge in [-0.2, -0.15) is 0 Å². The summed E-state index contributed by atoms with van der Waals surface area (Å²) in [6, 6.07) is 7.77. The van der Waals surface area contributed by atoms with E-state index in [0.29, 0.717) is 18.9 Å². The lowest BCUT2D eigenvalue weighted by atomic mass is 9.83. The molecular formula is C19H27N3O3. The molecule has 3 rings (SSSR count). The third-order valence-corrected chi connectivity index (χ3v) is 5.32. The number of piperazine rings is 1. The Morgan fingerprint density at radius 1 is 1.28 bits per heavy atom. The van der Waals surface area contributed by atoms with Crippen LogP contribution in [0, 0.1) is 5.92 Å². The maximum Gasteiger partial charge on any atom is 0.228 e. The third kappa shape index (κ3) is 3.63. The minimum Gasteiger partial charge on any atom is -0.497 e. The number of nitrogens with zero attached hydrogens (tertiary/aromatic N) is 2. The van der Waals surface area contributed by atoms with Crippen molar-refractivity contribution in [1.29, 1.82) is 0 Å². The molecule has 1 aromatic rings. The highest BCUT2D eigenvalue weighted by molar-refractivity contribution is 5.85. The summed E-state index contributed by atoms with van der Waals surface area (Å²) in [5, 5.41) is 3.37. The van der Waals surface area contributed by atoms with Crippen LogP contribution in [0.5, 0.6) is 5.75 Å². The monoisotopic (exact) mass is 345 g/mol. The van der Waals surface area contributed by atoms with Crippen molar-refractivity contribution in [3.63, 3.8) is 0 Å². The average Bonchev–Trinajstić information content (AvgIpc) is 2.63. The highest BCUT2D eigenvalue weighted by atomic mass is 16.5. The summed E-state index contributed by atoms with van der Waals surface area (Å²) in [5.41, 5.74) is 0.984. The van der Waals surface area contributed by atoms with Crippen LogP contribution < -0.4 is 10.1 Å². The van der Waals surface area contributed by atoms with Crippen molar-refractivity contribution in [3.8, 4) is 5.75 Å². The number of amides is 2. The Morgan fingerprint density at radius 2 is 2.00 bits per heavy atom. The summed E-state index contributed by atoms with van der Waals surface area (Å²) in [4.78, 5) is 29.1. The minimum atomic E-state index is -0.218. The maximum atomic E-state index is 13.2. The van der Waals surface area contributed by atoms with Gasteiger partial charge in [0.15, 0.2) is 0 Å². The summed E-state index contributed by atoms with van der Waals surface area (Å²) >= 11 is 0. The van der Waals surface area contributed by atoms with Gasteiger partial charge in [-0.15, -0.1) is 0 Å². The molecule has 2 aliphatic heterocycles. The number of methoxy groups -OCH3 is 1. The quantitative estimate of drug-likeness (QED) is 0.900. The van der Waals surface area contributed by atoms with Gasteiger partial charge in [-0.1, -0.05) is 12.1 Å². The van der Waals surface area contributed by atoms with Crippen molar-refractivity contribution >= 4 is 11.8 Å². The molecule has 2 amide bonds. The Labute approximate surface area is 149 Å². The zero-order chi connectivity index (χ0) is 18.0. The molecule has 2 saturated heterocycles. The van der Waals surface area contributed by atoms with Crippen LogP contribution in [-0.2, 0) is 9.59 Å². The number of hydrogen-bond acceptors (Lipinski definition) is 4. The molecule has 2 fully saturated rings. The van der Waals surface area contributed by atoms with Crippen molar-refractivity contribution in [3.05, 3.63) is 29.8 Å². The van der Waals surface area contributed by atoms with Crippen LogP contribution in [0.1, 0.15) is 31.4 Å². The lowest BCUT2D eigenvalue weighted by Crippen LogP contribution is -2.55. The molecule has 2 aliphatic rings. The smallest absolute Gasteiger partial charge is 0.228 e. The molecule has 136 valence electrons. The Balaban J connectivity index is 1.86. The van der Waals surface area contributed by atoms with E-state index >= 15 is 0 Å².